The Hall–Kier alpha value is -1.40. The lowest BCUT2D eigenvalue weighted by Gasteiger charge is -2.22. The largest absolute Gasteiger partial charge is 0.391 e. The zero-order chi connectivity index (χ0) is 14.6. The Morgan fingerprint density at radius 3 is 2.68 bits per heavy atom. The summed E-state index contributed by atoms with van der Waals surface area (Å²) in [5.41, 5.74) is 6.50. The van der Waals surface area contributed by atoms with Gasteiger partial charge in [-0.1, -0.05) is 20.8 Å². The molecule has 2 atom stereocenters. The lowest BCUT2D eigenvalue weighted by atomic mass is 9.89. The van der Waals surface area contributed by atoms with Gasteiger partial charge in [-0.3, -0.25) is 9.48 Å². The topological polar surface area (TPSA) is 93.2 Å². The summed E-state index contributed by atoms with van der Waals surface area (Å²) in [6, 6.07) is -0.754. The second kappa shape index (κ2) is 6.16. The molecule has 4 N–H and O–H groups in total. The maximum atomic E-state index is 11.8. The van der Waals surface area contributed by atoms with Gasteiger partial charge in [0.15, 0.2) is 0 Å². The molecule has 6 heteroatoms. The number of amides is 1. The highest BCUT2D eigenvalue weighted by Gasteiger charge is 2.20. The van der Waals surface area contributed by atoms with E-state index in [0.717, 1.165) is 0 Å². The predicted molar refractivity (Wildman–Crippen MR) is 73.2 cm³/mol. The summed E-state index contributed by atoms with van der Waals surface area (Å²) in [5.74, 6) is -0.305. The van der Waals surface area contributed by atoms with E-state index >= 15 is 0 Å². The van der Waals surface area contributed by atoms with Crippen molar-refractivity contribution in [3.8, 4) is 0 Å². The summed E-state index contributed by atoms with van der Waals surface area (Å²) >= 11 is 0. The van der Waals surface area contributed by atoms with Gasteiger partial charge in [0.2, 0.25) is 5.91 Å². The van der Waals surface area contributed by atoms with Gasteiger partial charge in [-0.15, -0.1) is 0 Å². The molecular weight excluding hydrogens is 244 g/mol. The van der Waals surface area contributed by atoms with E-state index in [1.807, 2.05) is 20.8 Å². The van der Waals surface area contributed by atoms with E-state index in [1.165, 1.54) is 0 Å². The number of hydrogen-bond acceptors (Lipinski definition) is 4. The number of rotatable bonds is 5. The molecule has 0 spiro atoms. The van der Waals surface area contributed by atoms with Crippen LogP contribution in [0.2, 0.25) is 0 Å². The molecule has 0 fully saturated rings. The number of carbonyl (C=O) groups is 1. The fraction of sp³-hybridized carbons (Fsp3) is 0.692. The van der Waals surface area contributed by atoms with Gasteiger partial charge in [0.25, 0.3) is 0 Å². The van der Waals surface area contributed by atoms with Crippen LogP contribution in [0.25, 0.3) is 0 Å². The predicted octanol–water partition coefficient (Wildman–Crippen LogP) is 0.333. The second-order valence-electron chi connectivity index (χ2n) is 6.09. The number of carbonyl (C=O) groups excluding carboxylic acids is 1. The highest BCUT2D eigenvalue weighted by molar-refractivity contribution is 5.82. The molecule has 0 aliphatic rings. The van der Waals surface area contributed by atoms with Crippen LogP contribution < -0.4 is 11.1 Å². The van der Waals surface area contributed by atoms with Crippen LogP contribution >= 0.6 is 0 Å². The molecule has 108 valence electrons. The molecule has 1 heterocycles. The Balaban J connectivity index is 2.43. The van der Waals surface area contributed by atoms with Gasteiger partial charge in [-0.05, 0) is 11.8 Å². The number of aliphatic hydroxyl groups excluding tert-OH is 1. The van der Waals surface area contributed by atoms with E-state index in [1.54, 1.807) is 24.1 Å². The molecular formula is C13H24N4O2. The van der Waals surface area contributed by atoms with E-state index < -0.39 is 12.1 Å². The maximum absolute atomic E-state index is 11.8. The molecule has 1 rings (SSSR count). The highest BCUT2D eigenvalue weighted by atomic mass is 16.3. The van der Waals surface area contributed by atoms with Crippen molar-refractivity contribution in [3.05, 3.63) is 18.0 Å². The molecule has 6 nitrogen and oxygen atoms in total. The van der Waals surface area contributed by atoms with E-state index in [0.29, 0.717) is 12.0 Å². The van der Waals surface area contributed by atoms with E-state index in [9.17, 15) is 9.90 Å². The van der Waals surface area contributed by atoms with Crippen LogP contribution in [-0.2, 0) is 11.8 Å². The Kier molecular flexibility index (Phi) is 5.08. The summed E-state index contributed by atoms with van der Waals surface area (Å²) in [6.07, 6.45) is 3.33. The van der Waals surface area contributed by atoms with Gasteiger partial charge in [-0.2, -0.15) is 5.10 Å². The van der Waals surface area contributed by atoms with Crippen molar-refractivity contribution in [2.24, 2.45) is 18.2 Å². The summed E-state index contributed by atoms with van der Waals surface area (Å²) in [4.78, 5) is 11.8. The van der Waals surface area contributed by atoms with Gasteiger partial charge in [-0.25, -0.2) is 0 Å². The minimum absolute atomic E-state index is 0.0234. The minimum atomic E-state index is -0.754. The summed E-state index contributed by atoms with van der Waals surface area (Å²) in [7, 11) is 1.77. The van der Waals surface area contributed by atoms with Gasteiger partial charge in [0.05, 0.1) is 12.3 Å². The van der Waals surface area contributed by atoms with Gasteiger partial charge < -0.3 is 16.2 Å². The molecule has 0 aliphatic heterocycles. The van der Waals surface area contributed by atoms with Crippen LogP contribution in [0.1, 0.15) is 38.8 Å². The average molecular weight is 268 g/mol. The molecule has 1 aromatic rings. The minimum Gasteiger partial charge on any atom is -0.391 e. The van der Waals surface area contributed by atoms with Crippen molar-refractivity contribution in [2.45, 2.75) is 39.3 Å². The molecule has 1 amide bonds. The van der Waals surface area contributed by atoms with Crippen LogP contribution in [0.4, 0.5) is 0 Å². The molecule has 0 saturated carbocycles. The monoisotopic (exact) mass is 268 g/mol. The number of aliphatic hydroxyl groups is 1. The summed E-state index contributed by atoms with van der Waals surface area (Å²) < 4.78 is 1.59. The Labute approximate surface area is 114 Å². The second-order valence-corrected chi connectivity index (χ2v) is 6.09. The normalized spacial score (nSPS) is 15.1. The summed E-state index contributed by atoms with van der Waals surface area (Å²) in [5, 5.41) is 16.5. The molecule has 0 radical (unpaired) electrons. The third kappa shape index (κ3) is 5.40. The quantitative estimate of drug-likeness (QED) is 0.717. The highest BCUT2D eigenvalue weighted by Crippen LogP contribution is 2.20. The average Bonchev–Trinajstić information content (AvgIpc) is 2.69. The maximum Gasteiger partial charge on any atom is 0.241 e. The van der Waals surface area contributed by atoms with Gasteiger partial charge in [0, 0.05) is 25.4 Å². The van der Waals surface area contributed by atoms with Crippen molar-refractivity contribution in [3.63, 3.8) is 0 Å². The molecule has 0 bridgehead atoms. The van der Waals surface area contributed by atoms with E-state index in [4.69, 9.17) is 5.73 Å². The number of nitrogens with two attached hydrogens (primary N) is 1. The van der Waals surface area contributed by atoms with Crippen molar-refractivity contribution >= 4 is 5.91 Å². The number of nitrogens with one attached hydrogen (secondary N) is 1. The van der Waals surface area contributed by atoms with Crippen LogP contribution in [0.5, 0.6) is 0 Å². The molecule has 2 unspecified atom stereocenters. The zero-order valence-corrected chi connectivity index (χ0v) is 12.1. The number of hydrogen-bond donors (Lipinski definition) is 3. The Bertz CT molecular complexity index is 423. The standard InChI is InChI=1S/C13H24N4O2/c1-13(2,3)5-10(18)7-15-12(19)11(14)9-6-16-17(4)8-9/h6,8,10-11,18H,5,7,14H2,1-4H3,(H,15,19). The van der Waals surface area contributed by atoms with Crippen LogP contribution in [0.15, 0.2) is 12.4 Å². The van der Waals surface area contributed by atoms with Crippen molar-refractivity contribution in [1.29, 1.82) is 0 Å². The molecule has 0 saturated heterocycles. The van der Waals surface area contributed by atoms with Crippen LogP contribution in [0.3, 0.4) is 0 Å². The number of nitrogens with zero attached hydrogens (tertiary/aromatic N) is 2. The SMILES string of the molecule is Cn1cc(C(N)C(=O)NCC(O)CC(C)(C)C)cn1. The fourth-order valence-corrected chi connectivity index (χ4v) is 1.86. The lowest BCUT2D eigenvalue weighted by Crippen LogP contribution is -2.39. The van der Waals surface area contributed by atoms with Crippen LogP contribution in [0, 0.1) is 5.41 Å². The van der Waals surface area contributed by atoms with E-state index in [-0.39, 0.29) is 17.9 Å². The van der Waals surface area contributed by atoms with Gasteiger partial charge >= 0.3 is 0 Å². The summed E-state index contributed by atoms with van der Waals surface area (Å²) in [6.45, 7) is 6.34. The number of aromatic nitrogens is 2. The molecule has 0 aromatic carbocycles. The van der Waals surface area contributed by atoms with Crippen LogP contribution in [-0.4, -0.2) is 33.4 Å². The smallest absolute Gasteiger partial charge is 0.241 e. The fourth-order valence-electron chi connectivity index (χ4n) is 1.86. The third-order valence-corrected chi connectivity index (χ3v) is 2.73. The molecule has 19 heavy (non-hydrogen) atoms. The lowest BCUT2D eigenvalue weighted by molar-refractivity contribution is -0.123. The van der Waals surface area contributed by atoms with Crippen molar-refractivity contribution < 1.29 is 9.90 Å². The van der Waals surface area contributed by atoms with E-state index in [2.05, 4.69) is 10.4 Å². The number of aryl methyl sites for hydroxylation is 1. The molecule has 0 aliphatic carbocycles. The van der Waals surface area contributed by atoms with Crippen molar-refractivity contribution in [2.75, 3.05) is 6.54 Å². The molecule has 1 aromatic heterocycles. The first kappa shape index (κ1) is 15.7. The Morgan fingerprint density at radius 2 is 2.21 bits per heavy atom. The first-order chi connectivity index (χ1) is 8.69. The zero-order valence-electron chi connectivity index (χ0n) is 12.1. The first-order valence-corrected chi connectivity index (χ1v) is 6.39. The van der Waals surface area contributed by atoms with Gasteiger partial charge in [0.1, 0.15) is 6.04 Å². The first-order valence-electron chi connectivity index (χ1n) is 6.39. The van der Waals surface area contributed by atoms with Crippen molar-refractivity contribution in [1.82, 2.24) is 15.1 Å². The Morgan fingerprint density at radius 1 is 1.58 bits per heavy atom. The third-order valence-electron chi connectivity index (χ3n) is 2.73.